The number of anilines is 1. The number of methoxy groups -OCH3 is 1. The van der Waals surface area contributed by atoms with E-state index in [9.17, 15) is 4.79 Å². The molecule has 1 N–H and O–H groups in total. The van der Waals surface area contributed by atoms with Crippen LogP contribution < -0.4 is 10.1 Å². The van der Waals surface area contributed by atoms with Crippen molar-refractivity contribution in [2.24, 2.45) is 11.8 Å². The minimum Gasteiger partial charge on any atom is -0.497 e. The Morgan fingerprint density at radius 1 is 1.11 bits per heavy atom. The van der Waals surface area contributed by atoms with Gasteiger partial charge in [0.05, 0.1) is 13.0 Å². The number of hydrogen-bond acceptors (Lipinski definition) is 3. The lowest BCUT2D eigenvalue weighted by atomic mass is 9.96. The summed E-state index contributed by atoms with van der Waals surface area (Å²) in [7, 11) is 1.68. The normalized spacial score (nSPS) is 20.3. The fourth-order valence-corrected chi connectivity index (χ4v) is 3.89. The third kappa shape index (κ3) is 4.69. The molecule has 1 aliphatic carbocycles. The fraction of sp³-hybridized carbons (Fsp3) is 0.435. The molecule has 2 aliphatic rings. The Labute approximate surface area is 161 Å². The van der Waals surface area contributed by atoms with Gasteiger partial charge in [0.1, 0.15) is 5.75 Å². The summed E-state index contributed by atoms with van der Waals surface area (Å²) in [5.74, 6) is 1.99. The molecule has 4 nitrogen and oxygen atoms in total. The lowest BCUT2D eigenvalue weighted by molar-refractivity contribution is -0.121. The molecule has 1 saturated carbocycles. The van der Waals surface area contributed by atoms with E-state index < -0.39 is 0 Å². The molecule has 1 amide bonds. The molecule has 142 valence electrons. The molecular formula is C23H28N2O2. The molecule has 2 aromatic rings. The quantitative estimate of drug-likeness (QED) is 0.825. The second kappa shape index (κ2) is 8.13. The summed E-state index contributed by atoms with van der Waals surface area (Å²) in [6.07, 6.45) is 4.86. The van der Waals surface area contributed by atoms with Crippen molar-refractivity contribution < 1.29 is 9.53 Å². The minimum atomic E-state index is 0.107. The summed E-state index contributed by atoms with van der Waals surface area (Å²) in [5.41, 5.74) is 3.08. The highest BCUT2D eigenvalue weighted by Gasteiger charge is 2.30. The van der Waals surface area contributed by atoms with Crippen molar-refractivity contribution in [3.63, 3.8) is 0 Å². The standard InChI is InChI=1S/C23H28N2O2/c1-27-22-6-2-4-19(14-22)18-9-11-21(12-10-18)24-23(26)20-5-3-13-25(16-20)15-17-7-8-17/h2,4,6,9-12,14,17,20H,3,5,7-8,13,15-16H2,1H3,(H,24,26). The van der Waals surface area contributed by atoms with Crippen LogP contribution in [0.4, 0.5) is 5.69 Å². The number of hydrogen-bond donors (Lipinski definition) is 1. The van der Waals surface area contributed by atoms with Crippen LogP contribution >= 0.6 is 0 Å². The van der Waals surface area contributed by atoms with Crippen LogP contribution in [-0.2, 0) is 4.79 Å². The monoisotopic (exact) mass is 364 g/mol. The largest absolute Gasteiger partial charge is 0.497 e. The molecule has 1 heterocycles. The highest BCUT2D eigenvalue weighted by atomic mass is 16.5. The van der Waals surface area contributed by atoms with E-state index in [4.69, 9.17) is 4.74 Å². The minimum absolute atomic E-state index is 0.107. The Balaban J connectivity index is 1.36. The van der Waals surface area contributed by atoms with Crippen molar-refractivity contribution in [1.29, 1.82) is 0 Å². The first-order chi connectivity index (χ1) is 13.2. The number of nitrogens with zero attached hydrogens (tertiary/aromatic N) is 1. The second-order valence-electron chi connectivity index (χ2n) is 7.84. The summed E-state index contributed by atoms with van der Waals surface area (Å²) in [5, 5.41) is 3.11. The molecule has 0 aromatic heterocycles. The first kappa shape index (κ1) is 18.1. The predicted molar refractivity (Wildman–Crippen MR) is 109 cm³/mol. The maximum absolute atomic E-state index is 12.7. The van der Waals surface area contributed by atoms with Gasteiger partial charge in [-0.3, -0.25) is 4.79 Å². The number of rotatable bonds is 6. The van der Waals surface area contributed by atoms with Crippen LogP contribution in [0.2, 0.25) is 0 Å². The maximum Gasteiger partial charge on any atom is 0.228 e. The SMILES string of the molecule is COc1cccc(-c2ccc(NC(=O)C3CCCN(CC4CC4)C3)cc2)c1. The van der Waals surface area contributed by atoms with Gasteiger partial charge in [-0.15, -0.1) is 0 Å². The predicted octanol–water partition coefficient (Wildman–Crippen LogP) is 4.42. The zero-order chi connectivity index (χ0) is 18.6. The van der Waals surface area contributed by atoms with Crippen LogP contribution in [0.5, 0.6) is 5.75 Å². The molecule has 1 aliphatic heterocycles. The number of benzene rings is 2. The summed E-state index contributed by atoms with van der Waals surface area (Å²) >= 11 is 0. The molecule has 1 saturated heterocycles. The van der Waals surface area contributed by atoms with Crippen molar-refractivity contribution in [2.45, 2.75) is 25.7 Å². The average Bonchev–Trinajstić information content (AvgIpc) is 3.53. The van der Waals surface area contributed by atoms with E-state index in [0.717, 1.165) is 54.4 Å². The van der Waals surface area contributed by atoms with Gasteiger partial charge in [-0.25, -0.2) is 0 Å². The van der Waals surface area contributed by atoms with E-state index in [1.54, 1.807) is 7.11 Å². The first-order valence-electron chi connectivity index (χ1n) is 9.99. The molecule has 2 aromatic carbocycles. The van der Waals surface area contributed by atoms with Gasteiger partial charge in [0.2, 0.25) is 5.91 Å². The number of ether oxygens (including phenoxy) is 1. The van der Waals surface area contributed by atoms with Gasteiger partial charge in [-0.05, 0) is 73.5 Å². The zero-order valence-corrected chi connectivity index (χ0v) is 16.0. The summed E-state index contributed by atoms with van der Waals surface area (Å²) in [6, 6.07) is 16.1. The lowest BCUT2D eigenvalue weighted by Gasteiger charge is -2.32. The molecule has 27 heavy (non-hydrogen) atoms. The molecule has 1 unspecified atom stereocenters. The summed E-state index contributed by atoms with van der Waals surface area (Å²) in [4.78, 5) is 15.2. The Bertz CT molecular complexity index is 783. The highest BCUT2D eigenvalue weighted by Crippen LogP contribution is 2.31. The molecule has 0 radical (unpaired) electrons. The summed E-state index contributed by atoms with van der Waals surface area (Å²) < 4.78 is 5.30. The number of likely N-dealkylation sites (tertiary alicyclic amines) is 1. The van der Waals surface area contributed by atoms with Crippen LogP contribution in [0.25, 0.3) is 11.1 Å². The van der Waals surface area contributed by atoms with Gasteiger partial charge in [0.15, 0.2) is 0 Å². The molecule has 0 bridgehead atoms. The first-order valence-corrected chi connectivity index (χ1v) is 9.99. The average molecular weight is 364 g/mol. The van der Waals surface area contributed by atoms with Crippen molar-refractivity contribution in [1.82, 2.24) is 4.90 Å². The highest BCUT2D eigenvalue weighted by molar-refractivity contribution is 5.93. The number of piperidine rings is 1. The zero-order valence-electron chi connectivity index (χ0n) is 16.0. The van der Waals surface area contributed by atoms with E-state index in [1.807, 2.05) is 42.5 Å². The number of amides is 1. The van der Waals surface area contributed by atoms with Crippen LogP contribution in [0, 0.1) is 11.8 Å². The van der Waals surface area contributed by atoms with Gasteiger partial charge in [-0.1, -0.05) is 24.3 Å². The van der Waals surface area contributed by atoms with Crippen molar-refractivity contribution >= 4 is 11.6 Å². The topological polar surface area (TPSA) is 41.6 Å². The van der Waals surface area contributed by atoms with E-state index in [-0.39, 0.29) is 11.8 Å². The van der Waals surface area contributed by atoms with Crippen molar-refractivity contribution in [3.8, 4) is 16.9 Å². The third-order valence-corrected chi connectivity index (χ3v) is 5.65. The third-order valence-electron chi connectivity index (χ3n) is 5.65. The van der Waals surface area contributed by atoms with Crippen LogP contribution in [-0.4, -0.2) is 37.6 Å². The lowest BCUT2D eigenvalue weighted by Crippen LogP contribution is -2.41. The Morgan fingerprint density at radius 2 is 1.93 bits per heavy atom. The van der Waals surface area contributed by atoms with Crippen LogP contribution in [0.3, 0.4) is 0 Å². The smallest absolute Gasteiger partial charge is 0.228 e. The van der Waals surface area contributed by atoms with Crippen molar-refractivity contribution in [2.75, 3.05) is 32.1 Å². The Hall–Kier alpha value is -2.33. The van der Waals surface area contributed by atoms with Gasteiger partial charge in [-0.2, -0.15) is 0 Å². The van der Waals surface area contributed by atoms with Crippen LogP contribution in [0.1, 0.15) is 25.7 Å². The number of carbonyl (C=O) groups excluding carboxylic acids is 1. The van der Waals surface area contributed by atoms with E-state index in [0.29, 0.717) is 0 Å². The molecule has 2 fully saturated rings. The maximum atomic E-state index is 12.7. The van der Waals surface area contributed by atoms with Gasteiger partial charge in [0.25, 0.3) is 0 Å². The Morgan fingerprint density at radius 3 is 2.67 bits per heavy atom. The van der Waals surface area contributed by atoms with E-state index in [1.165, 1.54) is 19.4 Å². The van der Waals surface area contributed by atoms with E-state index >= 15 is 0 Å². The van der Waals surface area contributed by atoms with Gasteiger partial charge >= 0.3 is 0 Å². The van der Waals surface area contributed by atoms with E-state index in [2.05, 4.69) is 16.3 Å². The van der Waals surface area contributed by atoms with Gasteiger partial charge in [0, 0.05) is 18.8 Å². The molecule has 1 atom stereocenters. The molecule has 4 heteroatoms. The second-order valence-corrected chi connectivity index (χ2v) is 7.84. The van der Waals surface area contributed by atoms with Crippen molar-refractivity contribution in [3.05, 3.63) is 48.5 Å². The number of nitrogens with one attached hydrogen (secondary N) is 1. The molecular weight excluding hydrogens is 336 g/mol. The molecule has 4 rings (SSSR count). The van der Waals surface area contributed by atoms with Crippen LogP contribution in [0.15, 0.2) is 48.5 Å². The van der Waals surface area contributed by atoms with Gasteiger partial charge < -0.3 is 15.0 Å². The fourth-order valence-electron chi connectivity index (χ4n) is 3.89. The molecule has 0 spiro atoms. The summed E-state index contributed by atoms with van der Waals surface area (Å²) in [6.45, 7) is 3.23. The number of carbonyl (C=O) groups is 1. The Kier molecular flexibility index (Phi) is 5.44.